The lowest BCUT2D eigenvalue weighted by Gasteiger charge is -2.33. The van der Waals surface area contributed by atoms with Crippen molar-refractivity contribution < 1.29 is 13.9 Å². The van der Waals surface area contributed by atoms with Crippen molar-refractivity contribution in [2.75, 3.05) is 19.4 Å². The van der Waals surface area contributed by atoms with Crippen molar-refractivity contribution in [3.8, 4) is 17.2 Å². The molecule has 0 spiro atoms. The van der Waals surface area contributed by atoms with Gasteiger partial charge in [0.1, 0.15) is 12.0 Å². The van der Waals surface area contributed by atoms with Gasteiger partial charge in [0.15, 0.2) is 0 Å². The molecule has 0 atom stereocenters. The number of rotatable bonds is 8. The summed E-state index contributed by atoms with van der Waals surface area (Å²) in [5.74, 6) is 2.81. The highest BCUT2D eigenvalue weighted by atomic mass is 32.2. The van der Waals surface area contributed by atoms with E-state index >= 15 is 0 Å². The van der Waals surface area contributed by atoms with Gasteiger partial charge in [-0.05, 0) is 44.0 Å². The zero-order valence-electron chi connectivity index (χ0n) is 16.1. The Morgan fingerprint density at radius 3 is 2.67 bits per heavy atom. The van der Waals surface area contributed by atoms with Crippen LogP contribution in [-0.2, 0) is 10.5 Å². The van der Waals surface area contributed by atoms with Crippen molar-refractivity contribution in [3.05, 3.63) is 36.2 Å². The maximum absolute atomic E-state index is 12.6. The van der Waals surface area contributed by atoms with Crippen LogP contribution in [0.5, 0.6) is 5.75 Å². The first kappa shape index (κ1) is 19.8. The van der Waals surface area contributed by atoms with Crippen LogP contribution in [0.2, 0.25) is 0 Å². The summed E-state index contributed by atoms with van der Waals surface area (Å²) in [5.41, 5.74) is 1.77. The van der Waals surface area contributed by atoms with Crippen LogP contribution >= 0.6 is 11.8 Å². The first-order valence-electron chi connectivity index (χ1n) is 9.67. The summed E-state index contributed by atoms with van der Waals surface area (Å²) in [5, 5.41) is 0. The Hall–Kier alpha value is -1.95. The molecule has 0 N–H and O–H groups in total. The molecule has 146 valence electrons. The molecule has 5 nitrogen and oxygen atoms in total. The lowest BCUT2D eigenvalue weighted by Crippen LogP contribution is -2.42. The fourth-order valence-electron chi connectivity index (χ4n) is 3.60. The Balaban J connectivity index is 1.49. The molecule has 1 saturated carbocycles. The number of thioether (sulfide) groups is 1. The van der Waals surface area contributed by atoms with Crippen LogP contribution in [0.3, 0.4) is 0 Å². The first-order valence-corrected chi connectivity index (χ1v) is 10.8. The SMILES string of the molecule is CCN(C(=O)CSCc1coc(-c2ccc(OC)cc2)n1)C1CCCCC1. The topological polar surface area (TPSA) is 55.6 Å². The molecule has 2 aromatic rings. The van der Waals surface area contributed by atoms with Crippen molar-refractivity contribution in [1.29, 1.82) is 0 Å². The number of nitrogens with zero attached hydrogens (tertiary/aromatic N) is 2. The third-order valence-electron chi connectivity index (χ3n) is 5.04. The van der Waals surface area contributed by atoms with Gasteiger partial charge in [-0.25, -0.2) is 4.98 Å². The molecule has 1 amide bonds. The first-order chi connectivity index (χ1) is 13.2. The van der Waals surface area contributed by atoms with E-state index in [9.17, 15) is 4.79 Å². The van der Waals surface area contributed by atoms with Crippen molar-refractivity contribution >= 4 is 17.7 Å². The van der Waals surface area contributed by atoms with Crippen LogP contribution in [0.15, 0.2) is 34.9 Å². The van der Waals surface area contributed by atoms with Crippen molar-refractivity contribution in [3.63, 3.8) is 0 Å². The third kappa shape index (κ3) is 5.28. The zero-order chi connectivity index (χ0) is 19.1. The number of benzene rings is 1. The van der Waals surface area contributed by atoms with Gasteiger partial charge in [-0.15, -0.1) is 11.8 Å². The van der Waals surface area contributed by atoms with Gasteiger partial charge in [-0.2, -0.15) is 0 Å². The molecule has 1 aliphatic rings. The van der Waals surface area contributed by atoms with Gasteiger partial charge in [0.05, 0.1) is 18.6 Å². The van der Waals surface area contributed by atoms with Gasteiger partial charge in [-0.1, -0.05) is 19.3 Å². The van der Waals surface area contributed by atoms with Crippen LogP contribution in [-0.4, -0.2) is 41.2 Å². The smallest absolute Gasteiger partial charge is 0.232 e. The van der Waals surface area contributed by atoms with Crippen LogP contribution < -0.4 is 4.74 Å². The summed E-state index contributed by atoms with van der Waals surface area (Å²) >= 11 is 1.60. The molecule has 0 unspecified atom stereocenters. The van der Waals surface area contributed by atoms with E-state index in [0.29, 0.717) is 23.4 Å². The molecule has 0 radical (unpaired) electrons. The molecule has 0 bridgehead atoms. The van der Waals surface area contributed by atoms with E-state index in [-0.39, 0.29) is 5.91 Å². The average molecular weight is 389 g/mol. The Morgan fingerprint density at radius 1 is 1.26 bits per heavy atom. The van der Waals surface area contributed by atoms with E-state index in [1.807, 2.05) is 24.3 Å². The molecular weight excluding hydrogens is 360 g/mol. The van der Waals surface area contributed by atoms with Gasteiger partial charge in [0.25, 0.3) is 0 Å². The van der Waals surface area contributed by atoms with Crippen LogP contribution in [0, 0.1) is 0 Å². The number of carbonyl (C=O) groups is 1. The normalized spacial score (nSPS) is 14.9. The fraction of sp³-hybridized carbons (Fsp3) is 0.524. The molecular formula is C21H28N2O3S. The Morgan fingerprint density at radius 2 is 2.00 bits per heavy atom. The lowest BCUT2D eigenvalue weighted by atomic mass is 9.94. The number of oxazole rings is 1. The summed E-state index contributed by atoms with van der Waals surface area (Å²) in [4.78, 5) is 19.2. The summed E-state index contributed by atoms with van der Waals surface area (Å²) in [6.45, 7) is 2.88. The Kier molecular flexibility index (Phi) is 7.21. The average Bonchev–Trinajstić information content (AvgIpc) is 3.18. The number of hydrogen-bond donors (Lipinski definition) is 0. The highest BCUT2D eigenvalue weighted by molar-refractivity contribution is 7.99. The standard InChI is InChI=1S/C21H28N2O3S/c1-3-23(18-7-5-4-6-8-18)20(24)15-27-14-17-13-26-21(22-17)16-9-11-19(25-2)12-10-16/h9-13,18H,3-8,14-15H2,1-2H3. The third-order valence-corrected chi connectivity index (χ3v) is 5.99. The Bertz CT molecular complexity index is 723. The summed E-state index contributed by atoms with van der Waals surface area (Å²) in [7, 11) is 1.64. The molecule has 27 heavy (non-hydrogen) atoms. The predicted octanol–water partition coefficient (Wildman–Crippen LogP) is 4.76. The number of aromatic nitrogens is 1. The molecule has 1 aromatic heterocycles. The van der Waals surface area contributed by atoms with E-state index in [1.54, 1.807) is 25.1 Å². The molecule has 1 aromatic carbocycles. The van der Waals surface area contributed by atoms with Gasteiger partial charge in [-0.3, -0.25) is 4.79 Å². The number of methoxy groups -OCH3 is 1. The quantitative estimate of drug-likeness (QED) is 0.652. The second kappa shape index (κ2) is 9.83. The second-order valence-electron chi connectivity index (χ2n) is 6.84. The lowest BCUT2D eigenvalue weighted by molar-refractivity contribution is -0.131. The Labute approximate surface area is 165 Å². The molecule has 1 fully saturated rings. The van der Waals surface area contributed by atoms with Crippen molar-refractivity contribution in [2.45, 2.75) is 50.8 Å². The van der Waals surface area contributed by atoms with Crippen LogP contribution in [0.1, 0.15) is 44.7 Å². The number of carbonyl (C=O) groups excluding carboxylic acids is 1. The number of ether oxygens (including phenoxy) is 1. The highest BCUT2D eigenvalue weighted by Crippen LogP contribution is 2.25. The summed E-state index contributed by atoms with van der Waals surface area (Å²) in [6.07, 6.45) is 7.77. The minimum atomic E-state index is 0.244. The van der Waals surface area contributed by atoms with Gasteiger partial charge in [0.2, 0.25) is 11.8 Å². The van der Waals surface area contributed by atoms with Gasteiger partial charge in [0, 0.05) is 23.9 Å². The van der Waals surface area contributed by atoms with Crippen molar-refractivity contribution in [2.24, 2.45) is 0 Å². The summed E-state index contributed by atoms with van der Waals surface area (Å²) in [6, 6.07) is 8.06. The summed E-state index contributed by atoms with van der Waals surface area (Å²) < 4.78 is 10.8. The van der Waals surface area contributed by atoms with Crippen molar-refractivity contribution in [1.82, 2.24) is 9.88 Å². The molecule has 1 aliphatic carbocycles. The van der Waals surface area contributed by atoms with E-state index < -0.39 is 0 Å². The van der Waals surface area contributed by atoms with E-state index in [4.69, 9.17) is 9.15 Å². The molecule has 6 heteroatoms. The predicted molar refractivity (Wildman–Crippen MR) is 109 cm³/mol. The van der Waals surface area contributed by atoms with E-state index in [1.165, 1.54) is 19.3 Å². The van der Waals surface area contributed by atoms with Crippen LogP contribution in [0.4, 0.5) is 0 Å². The largest absolute Gasteiger partial charge is 0.497 e. The number of hydrogen-bond acceptors (Lipinski definition) is 5. The van der Waals surface area contributed by atoms with E-state index in [0.717, 1.165) is 36.4 Å². The minimum absolute atomic E-state index is 0.244. The number of amides is 1. The molecule has 0 saturated heterocycles. The monoisotopic (exact) mass is 388 g/mol. The minimum Gasteiger partial charge on any atom is -0.497 e. The fourth-order valence-corrected chi connectivity index (χ4v) is 4.38. The maximum Gasteiger partial charge on any atom is 0.232 e. The second-order valence-corrected chi connectivity index (χ2v) is 7.82. The zero-order valence-corrected chi connectivity index (χ0v) is 17.0. The highest BCUT2D eigenvalue weighted by Gasteiger charge is 2.23. The molecule has 3 rings (SSSR count). The van der Waals surface area contributed by atoms with E-state index in [2.05, 4.69) is 16.8 Å². The molecule has 0 aliphatic heterocycles. The molecule has 1 heterocycles. The van der Waals surface area contributed by atoms with Gasteiger partial charge >= 0.3 is 0 Å². The van der Waals surface area contributed by atoms with Crippen LogP contribution in [0.25, 0.3) is 11.5 Å². The maximum atomic E-state index is 12.6. The van der Waals surface area contributed by atoms with Gasteiger partial charge < -0.3 is 14.1 Å².